The van der Waals surface area contributed by atoms with Gasteiger partial charge in [-0.15, -0.1) is 0 Å². The van der Waals surface area contributed by atoms with E-state index in [0.717, 1.165) is 16.4 Å². The minimum absolute atomic E-state index is 0.0673. The van der Waals surface area contributed by atoms with Crippen LogP contribution in [0.2, 0.25) is 0 Å². The maximum atomic E-state index is 13.6. The van der Waals surface area contributed by atoms with Crippen molar-refractivity contribution in [1.82, 2.24) is 9.21 Å². The number of carbonyl (C=O) groups excluding carboxylic acids is 1. The number of benzene rings is 1. The lowest BCUT2D eigenvalue weighted by atomic mass is 10.3. The van der Waals surface area contributed by atoms with Crippen molar-refractivity contribution in [2.75, 3.05) is 26.2 Å². The third-order valence-corrected chi connectivity index (χ3v) is 5.11. The Labute approximate surface area is 115 Å². The molecule has 1 heterocycles. The number of hydrogen-bond acceptors (Lipinski definition) is 3. The minimum atomic E-state index is -4.08. The fraction of sp³-hybridized carbons (Fsp3) is 0.417. The maximum Gasteiger partial charge on any atom is 0.246 e. The van der Waals surface area contributed by atoms with Crippen LogP contribution in [0.15, 0.2) is 23.1 Å². The molecule has 1 saturated heterocycles. The first-order valence-electron chi connectivity index (χ1n) is 6.03. The summed E-state index contributed by atoms with van der Waals surface area (Å²) in [5, 5.41) is 0. The van der Waals surface area contributed by atoms with E-state index in [2.05, 4.69) is 0 Å². The number of piperazine rings is 1. The van der Waals surface area contributed by atoms with Crippen LogP contribution in [0.5, 0.6) is 0 Å². The van der Waals surface area contributed by atoms with Gasteiger partial charge in [-0.3, -0.25) is 4.79 Å². The maximum absolute atomic E-state index is 13.6. The van der Waals surface area contributed by atoms with Crippen molar-refractivity contribution >= 4 is 15.9 Å². The zero-order chi connectivity index (χ0) is 14.9. The number of halogens is 2. The predicted molar refractivity (Wildman–Crippen MR) is 67.4 cm³/mol. The molecule has 8 heteroatoms. The van der Waals surface area contributed by atoms with E-state index in [1.807, 2.05) is 0 Å². The Morgan fingerprint density at radius 3 is 2.30 bits per heavy atom. The molecule has 1 aromatic carbocycles. The zero-order valence-corrected chi connectivity index (χ0v) is 11.7. The van der Waals surface area contributed by atoms with Gasteiger partial charge in [0.25, 0.3) is 0 Å². The van der Waals surface area contributed by atoms with Gasteiger partial charge in [-0.05, 0) is 18.2 Å². The van der Waals surface area contributed by atoms with Gasteiger partial charge in [-0.25, -0.2) is 17.2 Å². The molecule has 0 bridgehead atoms. The first kappa shape index (κ1) is 14.9. The molecule has 0 spiro atoms. The molecular weight excluding hydrogens is 290 g/mol. The van der Waals surface area contributed by atoms with Crippen LogP contribution in [0.1, 0.15) is 6.92 Å². The van der Waals surface area contributed by atoms with Crippen LogP contribution in [0.25, 0.3) is 0 Å². The molecule has 1 fully saturated rings. The van der Waals surface area contributed by atoms with Gasteiger partial charge in [-0.1, -0.05) is 0 Å². The summed E-state index contributed by atoms with van der Waals surface area (Å²) in [4.78, 5) is 12.0. The summed E-state index contributed by atoms with van der Waals surface area (Å²) in [5.74, 6) is -1.94. The standard InChI is InChI=1S/C12H14F2N2O3S/c1-9(17)15-4-6-16(7-5-15)20(18,19)12-8-10(13)2-3-11(12)14/h2-3,8H,4-7H2,1H3. The second kappa shape index (κ2) is 5.45. The smallest absolute Gasteiger partial charge is 0.246 e. The molecule has 5 nitrogen and oxygen atoms in total. The molecule has 2 rings (SSSR count). The van der Waals surface area contributed by atoms with Crippen molar-refractivity contribution in [3.05, 3.63) is 29.8 Å². The lowest BCUT2D eigenvalue weighted by Gasteiger charge is -2.33. The van der Waals surface area contributed by atoms with E-state index >= 15 is 0 Å². The van der Waals surface area contributed by atoms with Crippen LogP contribution in [0, 0.1) is 11.6 Å². The van der Waals surface area contributed by atoms with Crippen molar-refractivity contribution in [2.45, 2.75) is 11.8 Å². The van der Waals surface area contributed by atoms with Crippen LogP contribution in [-0.2, 0) is 14.8 Å². The Hall–Kier alpha value is -1.54. The highest BCUT2D eigenvalue weighted by atomic mass is 32.2. The molecule has 0 aromatic heterocycles. The summed E-state index contributed by atoms with van der Waals surface area (Å²) in [6.45, 7) is 2.02. The SMILES string of the molecule is CC(=O)N1CCN(S(=O)(=O)c2cc(F)ccc2F)CC1. The lowest BCUT2D eigenvalue weighted by molar-refractivity contribution is -0.129. The van der Waals surface area contributed by atoms with E-state index < -0.39 is 26.6 Å². The molecular formula is C12H14F2N2O3S. The second-order valence-electron chi connectivity index (χ2n) is 4.48. The topological polar surface area (TPSA) is 57.7 Å². The third kappa shape index (κ3) is 2.80. The Morgan fingerprint density at radius 2 is 1.75 bits per heavy atom. The number of rotatable bonds is 2. The average molecular weight is 304 g/mol. The van der Waals surface area contributed by atoms with Gasteiger partial charge in [0.05, 0.1) is 0 Å². The van der Waals surface area contributed by atoms with Gasteiger partial charge in [0, 0.05) is 33.1 Å². The first-order chi connectivity index (χ1) is 9.32. The molecule has 1 aliphatic heterocycles. The van der Waals surface area contributed by atoms with Crippen molar-refractivity contribution in [2.24, 2.45) is 0 Å². The highest BCUT2D eigenvalue weighted by Crippen LogP contribution is 2.21. The molecule has 0 radical (unpaired) electrons. The molecule has 110 valence electrons. The number of nitrogens with zero attached hydrogens (tertiary/aromatic N) is 2. The minimum Gasteiger partial charge on any atom is -0.340 e. The summed E-state index contributed by atoms with van der Waals surface area (Å²) in [6, 6.07) is 2.32. The van der Waals surface area contributed by atoms with Gasteiger partial charge < -0.3 is 4.90 Å². The van der Waals surface area contributed by atoms with Crippen LogP contribution in [0.3, 0.4) is 0 Å². The van der Waals surface area contributed by atoms with Gasteiger partial charge in [-0.2, -0.15) is 4.31 Å². The first-order valence-corrected chi connectivity index (χ1v) is 7.47. The lowest BCUT2D eigenvalue weighted by Crippen LogP contribution is -2.50. The van der Waals surface area contributed by atoms with Gasteiger partial charge in [0.1, 0.15) is 16.5 Å². The predicted octanol–water partition coefficient (Wildman–Crippen LogP) is 0.818. The molecule has 1 aromatic rings. The summed E-state index contributed by atoms with van der Waals surface area (Å²) >= 11 is 0. The Morgan fingerprint density at radius 1 is 1.15 bits per heavy atom. The van der Waals surface area contributed by atoms with E-state index in [1.54, 1.807) is 0 Å². The van der Waals surface area contributed by atoms with Gasteiger partial charge in [0.2, 0.25) is 15.9 Å². The molecule has 1 amide bonds. The van der Waals surface area contributed by atoms with E-state index in [9.17, 15) is 22.0 Å². The molecule has 20 heavy (non-hydrogen) atoms. The van der Waals surface area contributed by atoms with E-state index in [1.165, 1.54) is 11.8 Å². The molecule has 0 aliphatic carbocycles. The number of hydrogen-bond donors (Lipinski definition) is 0. The largest absolute Gasteiger partial charge is 0.340 e. The van der Waals surface area contributed by atoms with Crippen molar-refractivity contribution in [3.63, 3.8) is 0 Å². The number of carbonyl (C=O) groups is 1. The van der Waals surface area contributed by atoms with E-state index in [0.29, 0.717) is 6.07 Å². The van der Waals surface area contributed by atoms with E-state index in [-0.39, 0.29) is 32.1 Å². The fourth-order valence-corrected chi connectivity index (χ4v) is 3.56. The quantitative estimate of drug-likeness (QED) is 0.813. The van der Waals surface area contributed by atoms with Crippen molar-refractivity contribution < 1.29 is 22.0 Å². The summed E-state index contributed by atoms with van der Waals surface area (Å²) in [7, 11) is -4.08. The summed E-state index contributed by atoms with van der Waals surface area (Å²) < 4.78 is 52.3. The molecule has 0 N–H and O–H groups in total. The highest BCUT2D eigenvalue weighted by molar-refractivity contribution is 7.89. The Balaban J connectivity index is 2.24. The van der Waals surface area contributed by atoms with Gasteiger partial charge >= 0.3 is 0 Å². The van der Waals surface area contributed by atoms with Crippen LogP contribution >= 0.6 is 0 Å². The van der Waals surface area contributed by atoms with Crippen LogP contribution < -0.4 is 0 Å². The van der Waals surface area contributed by atoms with Gasteiger partial charge in [0.15, 0.2) is 0 Å². The Bertz CT molecular complexity index is 626. The number of sulfonamides is 1. The van der Waals surface area contributed by atoms with Crippen LogP contribution in [0.4, 0.5) is 8.78 Å². The third-order valence-electron chi connectivity index (χ3n) is 3.20. The van der Waals surface area contributed by atoms with E-state index in [4.69, 9.17) is 0 Å². The highest BCUT2D eigenvalue weighted by Gasteiger charge is 2.31. The number of amides is 1. The zero-order valence-electron chi connectivity index (χ0n) is 10.8. The molecule has 0 atom stereocenters. The normalized spacial score (nSPS) is 17.2. The van der Waals surface area contributed by atoms with Crippen molar-refractivity contribution in [3.8, 4) is 0 Å². The second-order valence-corrected chi connectivity index (χ2v) is 6.39. The Kier molecular flexibility index (Phi) is 4.05. The fourth-order valence-electron chi connectivity index (χ4n) is 2.06. The summed E-state index contributed by atoms with van der Waals surface area (Å²) in [5.41, 5.74) is 0. The average Bonchev–Trinajstić information content (AvgIpc) is 2.41. The molecule has 0 saturated carbocycles. The van der Waals surface area contributed by atoms with Crippen molar-refractivity contribution in [1.29, 1.82) is 0 Å². The summed E-state index contributed by atoms with van der Waals surface area (Å²) in [6.07, 6.45) is 0. The van der Waals surface area contributed by atoms with Crippen LogP contribution in [-0.4, -0.2) is 49.7 Å². The molecule has 0 unspecified atom stereocenters. The monoisotopic (exact) mass is 304 g/mol. The molecule has 1 aliphatic rings.